The molecule has 0 unspecified atom stereocenters. The van der Waals surface area contributed by atoms with Gasteiger partial charge in [0.2, 0.25) is 5.91 Å². The molecule has 6 nitrogen and oxygen atoms in total. The van der Waals surface area contributed by atoms with Crippen molar-refractivity contribution < 1.29 is 45.4 Å². The van der Waals surface area contributed by atoms with Gasteiger partial charge in [-0.25, -0.2) is 0 Å². The van der Waals surface area contributed by atoms with Gasteiger partial charge in [0.25, 0.3) is 0 Å². The summed E-state index contributed by atoms with van der Waals surface area (Å²) >= 11 is 0. The number of esters is 1. The normalized spacial score (nSPS) is 20.9. The van der Waals surface area contributed by atoms with Gasteiger partial charge in [-0.2, -0.15) is 26.3 Å². The first kappa shape index (κ1) is 36.6. The highest BCUT2D eigenvalue weighted by atomic mass is 35.5. The smallest absolute Gasteiger partial charge is 0.416 e. The molecule has 0 aromatic heterocycles. The minimum Gasteiger partial charge on any atom is -0.462 e. The summed E-state index contributed by atoms with van der Waals surface area (Å²) in [6.45, 7) is 7.01. The first-order valence-corrected chi connectivity index (χ1v) is 14.8. The fraction of sp³-hybridized carbons (Fsp3) is 0.562. The highest BCUT2D eigenvalue weighted by Gasteiger charge is 2.40. The highest BCUT2D eigenvalue weighted by Crippen LogP contribution is 2.40. The standard InChI is InChI=1S/C32H38F6N2O4.ClH/c1-20(2)43-29(41)19-39-12-9-23(10-13-39)30(42)40-14-11-28(27(18-40)22-7-5-4-6-8-22)44-21(3)24-15-25(31(33,34)35)17-26(16-24)32(36,37)38;/h4-8,15-17,20-21,23,27-28H,9-14,18-19H2,1-3H3;1H/t21-,27+,28+;/m1./s1. The first-order valence-electron chi connectivity index (χ1n) is 14.8. The Bertz CT molecular complexity index is 1250. The number of halogens is 7. The van der Waals surface area contributed by atoms with Crippen molar-refractivity contribution in [3.05, 3.63) is 70.8 Å². The molecule has 2 aromatic carbocycles. The van der Waals surface area contributed by atoms with Crippen molar-refractivity contribution >= 4 is 24.3 Å². The van der Waals surface area contributed by atoms with E-state index in [2.05, 4.69) is 0 Å². The third-order valence-corrected chi connectivity index (χ3v) is 8.20. The van der Waals surface area contributed by atoms with Crippen LogP contribution in [0.1, 0.15) is 74.3 Å². The van der Waals surface area contributed by atoms with Crippen LogP contribution in [0.5, 0.6) is 0 Å². The van der Waals surface area contributed by atoms with Gasteiger partial charge >= 0.3 is 18.3 Å². The van der Waals surface area contributed by atoms with Gasteiger partial charge < -0.3 is 14.4 Å². The zero-order valence-electron chi connectivity index (χ0n) is 25.4. The van der Waals surface area contributed by atoms with Crippen LogP contribution in [0.15, 0.2) is 48.5 Å². The summed E-state index contributed by atoms with van der Waals surface area (Å²) in [4.78, 5) is 29.4. The summed E-state index contributed by atoms with van der Waals surface area (Å²) in [5, 5.41) is 0. The van der Waals surface area contributed by atoms with Crippen LogP contribution in [-0.4, -0.2) is 66.6 Å². The number of likely N-dealkylation sites (tertiary alicyclic amines) is 2. The van der Waals surface area contributed by atoms with Gasteiger partial charge in [-0.1, -0.05) is 30.3 Å². The summed E-state index contributed by atoms with van der Waals surface area (Å²) in [6.07, 6.45) is -10.2. The van der Waals surface area contributed by atoms with E-state index >= 15 is 0 Å². The van der Waals surface area contributed by atoms with Crippen LogP contribution >= 0.6 is 12.4 Å². The Morgan fingerprint density at radius 2 is 1.44 bits per heavy atom. The van der Waals surface area contributed by atoms with E-state index in [4.69, 9.17) is 9.47 Å². The number of carbonyl (C=O) groups is 2. The number of hydrogen-bond donors (Lipinski definition) is 0. The van der Waals surface area contributed by atoms with Crippen LogP contribution in [-0.2, 0) is 31.4 Å². The SMILES string of the molecule is CC(C)OC(=O)CN1CCC(C(=O)N2CC[C@H](O[C@H](C)c3cc(C(F)(F)F)cc(C(F)(F)F)c3)[C@H](c3ccccc3)C2)CC1.Cl. The summed E-state index contributed by atoms with van der Waals surface area (Å²) in [5.74, 6) is -0.859. The first-order chi connectivity index (χ1) is 20.6. The monoisotopic (exact) mass is 664 g/mol. The molecule has 2 saturated heterocycles. The number of nitrogens with zero attached hydrogens (tertiary/aromatic N) is 2. The second-order valence-corrected chi connectivity index (χ2v) is 11.8. The molecule has 45 heavy (non-hydrogen) atoms. The molecule has 2 fully saturated rings. The van der Waals surface area contributed by atoms with E-state index in [1.807, 2.05) is 35.2 Å². The Kier molecular flexibility index (Phi) is 12.4. The number of hydrogen-bond acceptors (Lipinski definition) is 5. The molecule has 2 aliphatic heterocycles. The predicted octanol–water partition coefficient (Wildman–Crippen LogP) is 7.27. The number of alkyl halides is 6. The van der Waals surface area contributed by atoms with Gasteiger partial charge in [0.05, 0.1) is 36.0 Å². The zero-order chi connectivity index (χ0) is 32.2. The van der Waals surface area contributed by atoms with Gasteiger partial charge in [-0.05, 0) is 82.4 Å². The maximum atomic E-state index is 13.6. The van der Waals surface area contributed by atoms with E-state index in [1.165, 1.54) is 6.92 Å². The number of amides is 1. The Labute approximate surface area is 265 Å². The second kappa shape index (κ2) is 15.2. The average Bonchev–Trinajstić information content (AvgIpc) is 2.96. The lowest BCUT2D eigenvalue weighted by Crippen LogP contribution is -2.50. The summed E-state index contributed by atoms with van der Waals surface area (Å²) < 4.78 is 92.2. The molecule has 0 aliphatic carbocycles. The molecule has 13 heteroatoms. The third-order valence-electron chi connectivity index (χ3n) is 8.20. The number of benzene rings is 2. The number of carbonyl (C=O) groups excluding carboxylic acids is 2. The lowest BCUT2D eigenvalue weighted by atomic mass is 9.86. The molecular weight excluding hydrogens is 626 g/mol. The lowest BCUT2D eigenvalue weighted by molar-refractivity contribution is -0.149. The molecule has 3 atom stereocenters. The van der Waals surface area contributed by atoms with Crippen LogP contribution in [0.2, 0.25) is 0 Å². The Morgan fingerprint density at radius 1 is 0.867 bits per heavy atom. The molecule has 2 aromatic rings. The Hall–Kier alpha value is -2.83. The van der Waals surface area contributed by atoms with Crippen LogP contribution in [0.4, 0.5) is 26.3 Å². The maximum Gasteiger partial charge on any atom is 0.416 e. The van der Waals surface area contributed by atoms with Crippen molar-refractivity contribution in [2.75, 3.05) is 32.7 Å². The molecule has 0 radical (unpaired) electrons. The molecule has 0 spiro atoms. The number of ether oxygens (including phenoxy) is 2. The molecule has 2 aliphatic rings. The zero-order valence-corrected chi connectivity index (χ0v) is 26.2. The third kappa shape index (κ3) is 9.83. The minimum absolute atomic E-state index is 0. The quantitative estimate of drug-likeness (QED) is 0.220. The average molecular weight is 665 g/mol. The predicted molar refractivity (Wildman–Crippen MR) is 158 cm³/mol. The molecule has 0 N–H and O–H groups in total. The Balaban J connectivity index is 0.00000552. The summed E-state index contributed by atoms with van der Waals surface area (Å²) in [5.41, 5.74) is -2.14. The van der Waals surface area contributed by atoms with Crippen molar-refractivity contribution in [3.8, 4) is 0 Å². The Morgan fingerprint density at radius 3 is 1.98 bits per heavy atom. The van der Waals surface area contributed by atoms with E-state index in [1.54, 1.807) is 18.7 Å². The molecular formula is C32H39ClF6N2O4. The van der Waals surface area contributed by atoms with Gasteiger partial charge in [0.15, 0.2) is 0 Å². The lowest BCUT2D eigenvalue weighted by Gasteiger charge is -2.42. The van der Waals surface area contributed by atoms with Crippen molar-refractivity contribution in [3.63, 3.8) is 0 Å². The van der Waals surface area contributed by atoms with Crippen LogP contribution in [0.25, 0.3) is 0 Å². The van der Waals surface area contributed by atoms with E-state index in [-0.39, 0.29) is 60.4 Å². The summed E-state index contributed by atoms with van der Waals surface area (Å²) in [7, 11) is 0. The molecule has 250 valence electrons. The van der Waals surface area contributed by atoms with E-state index < -0.39 is 35.7 Å². The second-order valence-electron chi connectivity index (χ2n) is 11.8. The fourth-order valence-corrected chi connectivity index (χ4v) is 5.95. The van der Waals surface area contributed by atoms with E-state index in [9.17, 15) is 35.9 Å². The topological polar surface area (TPSA) is 59.1 Å². The van der Waals surface area contributed by atoms with Gasteiger partial charge in [-0.15, -0.1) is 12.4 Å². The maximum absolute atomic E-state index is 13.6. The fourth-order valence-electron chi connectivity index (χ4n) is 5.95. The number of piperidine rings is 2. The summed E-state index contributed by atoms with van der Waals surface area (Å²) in [6, 6.07) is 10.8. The van der Waals surface area contributed by atoms with Gasteiger partial charge in [-0.3, -0.25) is 14.5 Å². The van der Waals surface area contributed by atoms with Crippen LogP contribution in [0, 0.1) is 5.92 Å². The molecule has 1 amide bonds. The minimum atomic E-state index is -4.96. The molecule has 2 heterocycles. The van der Waals surface area contributed by atoms with E-state index in [0.717, 1.165) is 5.56 Å². The highest BCUT2D eigenvalue weighted by molar-refractivity contribution is 5.85. The van der Waals surface area contributed by atoms with Crippen LogP contribution < -0.4 is 0 Å². The molecule has 4 rings (SSSR count). The largest absolute Gasteiger partial charge is 0.462 e. The van der Waals surface area contributed by atoms with E-state index in [0.29, 0.717) is 57.6 Å². The van der Waals surface area contributed by atoms with Crippen LogP contribution in [0.3, 0.4) is 0 Å². The molecule has 0 bridgehead atoms. The van der Waals surface area contributed by atoms with Crippen molar-refractivity contribution in [1.82, 2.24) is 9.80 Å². The van der Waals surface area contributed by atoms with Crippen molar-refractivity contribution in [2.24, 2.45) is 5.92 Å². The van der Waals surface area contributed by atoms with Gasteiger partial charge in [0.1, 0.15) is 0 Å². The van der Waals surface area contributed by atoms with Crippen molar-refractivity contribution in [1.29, 1.82) is 0 Å². The number of rotatable bonds is 8. The van der Waals surface area contributed by atoms with Crippen molar-refractivity contribution in [2.45, 2.75) is 76.6 Å². The molecule has 0 saturated carbocycles. The van der Waals surface area contributed by atoms with Gasteiger partial charge in [0, 0.05) is 24.9 Å².